The fraction of sp³-hybridized carbons (Fsp3) is 0.154. The van der Waals surface area contributed by atoms with Gasteiger partial charge in [0, 0.05) is 15.5 Å². The lowest BCUT2D eigenvalue weighted by molar-refractivity contribution is 0.0697. The van der Waals surface area contributed by atoms with Gasteiger partial charge in [0.2, 0.25) is 0 Å². The number of aromatic carboxylic acids is 1. The molecule has 1 N–H and O–H groups in total. The van der Waals surface area contributed by atoms with Gasteiger partial charge < -0.3 is 9.84 Å². The van der Waals surface area contributed by atoms with Crippen LogP contribution in [0.2, 0.25) is 5.02 Å². The van der Waals surface area contributed by atoms with Crippen molar-refractivity contribution in [3.63, 3.8) is 0 Å². The first-order valence-corrected chi connectivity index (χ1v) is 6.57. The molecule has 0 unspecified atom stereocenters. The summed E-state index contributed by atoms with van der Waals surface area (Å²) in [5.41, 5.74) is 0.285. The van der Waals surface area contributed by atoms with Crippen molar-refractivity contribution in [2.75, 3.05) is 0 Å². The summed E-state index contributed by atoms with van der Waals surface area (Å²) in [5, 5.41) is 9.41. The first-order chi connectivity index (χ1) is 8.97. The van der Waals surface area contributed by atoms with Gasteiger partial charge in [-0.15, -0.1) is 11.3 Å². The van der Waals surface area contributed by atoms with Crippen LogP contribution in [0.5, 0.6) is 5.75 Å². The third kappa shape index (κ3) is 3.24. The lowest BCUT2D eigenvalue weighted by Gasteiger charge is -2.07. The largest absolute Gasteiger partial charge is 0.487 e. The molecule has 1 aromatic heterocycles. The Morgan fingerprint density at radius 3 is 2.89 bits per heavy atom. The summed E-state index contributed by atoms with van der Waals surface area (Å²) in [5.74, 6) is -1.25. The molecule has 6 heteroatoms. The monoisotopic (exact) mass is 300 g/mol. The molecule has 100 valence electrons. The van der Waals surface area contributed by atoms with Gasteiger partial charge in [-0.25, -0.2) is 9.18 Å². The maximum Gasteiger partial charge on any atom is 0.349 e. The van der Waals surface area contributed by atoms with Crippen LogP contribution >= 0.6 is 22.9 Å². The van der Waals surface area contributed by atoms with Gasteiger partial charge in [0.15, 0.2) is 4.88 Å². The number of hydrogen-bond acceptors (Lipinski definition) is 3. The second-order valence-corrected chi connectivity index (χ2v) is 5.57. The van der Waals surface area contributed by atoms with Gasteiger partial charge in [-0.3, -0.25) is 0 Å². The number of hydrogen-bond donors (Lipinski definition) is 1. The highest BCUT2D eigenvalue weighted by molar-refractivity contribution is 7.14. The Kier molecular flexibility index (Phi) is 4.07. The number of thiophene rings is 1. The van der Waals surface area contributed by atoms with E-state index in [1.54, 1.807) is 13.0 Å². The molecule has 0 saturated carbocycles. The average molecular weight is 301 g/mol. The number of carboxylic acids is 1. The molecule has 0 aliphatic heterocycles. The van der Waals surface area contributed by atoms with E-state index in [1.165, 1.54) is 18.2 Å². The topological polar surface area (TPSA) is 46.5 Å². The minimum Gasteiger partial charge on any atom is -0.487 e. The van der Waals surface area contributed by atoms with Crippen LogP contribution in [0.25, 0.3) is 0 Å². The van der Waals surface area contributed by atoms with Crippen molar-refractivity contribution in [3.05, 3.63) is 50.4 Å². The van der Waals surface area contributed by atoms with E-state index in [9.17, 15) is 9.18 Å². The number of rotatable bonds is 4. The first-order valence-electron chi connectivity index (χ1n) is 5.38. The Labute approximate surface area is 118 Å². The first kappa shape index (κ1) is 13.8. The molecule has 0 saturated heterocycles. The summed E-state index contributed by atoms with van der Waals surface area (Å²) in [6.07, 6.45) is 0. The van der Waals surface area contributed by atoms with Gasteiger partial charge in [-0.05, 0) is 31.2 Å². The van der Waals surface area contributed by atoms with Crippen molar-refractivity contribution in [2.24, 2.45) is 0 Å². The maximum atomic E-state index is 13.5. The zero-order valence-corrected chi connectivity index (χ0v) is 11.5. The van der Waals surface area contributed by atoms with Gasteiger partial charge in [-0.1, -0.05) is 11.6 Å². The molecule has 0 fully saturated rings. The van der Waals surface area contributed by atoms with Gasteiger partial charge >= 0.3 is 5.97 Å². The average Bonchev–Trinajstić information content (AvgIpc) is 2.72. The van der Waals surface area contributed by atoms with Crippen molar-refractivity contribution in [3.8, 4) is 5.75 Å². The van der Waals surface area contributed by atoms with E-state index in [0.717, 1.165) is 16.2 Å². The van der Waals surface area contributed by atoms with Crippen LogP contribution in [-0.4, -0.2) is 11.1 Å². The van der Waals surface area contributed by atoms with Crippen molar-refractivity contribution >= 4 is 28.9 Å². The van der Waals surface area contributed by atoms with E-state index in [4.69, 9.17) is 21.4 Å². The Balaban J connectivity index is 2.19. The Morgan fingerprint density at radius 2 is 2.21 bits per heavy atom. The Bertz CT molecular complexity index is 624. The van der Waals surface area contributed by atoms with E-state index in [0.29, 0.717) is 5.02 Å². The highest BCUT2D eigenvalue weighted by Gasteiger charge is 2.16. The van der Waals surface area contributed by atoms with Crippen LogP contribution in [0.4, 0.5) is 4.39 Å². The summed E-state index contributed by atoms with van der Waals surface area (Å²) < 4.78 is 18.9. The van der Waals surface area contributed by atoms with Gasteiger partial charge in [-0.2, -0.15) is 0 Å². The zero-order valence-electron chi connectivity index (χ0n) is 9.94. The minimum atomic E-state index is -1.06. The van der Waals surface area contributed by atoms with E-state index < -0.39 is 11.8 Å². The van der Waals surface area contributed by atoms with E-state index in [1.807, 2.05) is 0 Å². The molecule has 1 heterocycles. The minimum absolute atomic E-state index is 0.0666. The Hall–Kier alpha value is -1.59. The number of carboxylic acid groups (broad SMARTS) is 1. The fourth-order valence-corrected chi connectivity index (χ4v) is 2.54. The van der Waals surface area contributed by atoms with Crippen LogP contribution in [-0.2, 0) is 6.61 Å². The van der Waals surface area contributed by atoms with Crippen LogP contribution in [0, 0.1) is 12.7 Å². The highest BCUT2D eigenvalue weighted by atomic mass is 35.5. The third-order valence-electron chi connectivity index (χ3n) is 2.41. The molecule has 2 aromatic rings. The summed E-state index contributed by atoms with van der Waals surface area (Å²) in [7, 11) is 0. The van der Waals surface area contributed by atoms with Crippen LogP contribution in [0.3, 0.4) is 0 Å². The van der Waals surface area contributed by atoms with E-state index >= 15 is 0 Å². The predicted octanol–water partition coefficient (Wildman–Crippen LogP) is 4.13. The number of halogens is 2. The molecule has 2 rings (SSSR count). The normalized spacial score (nSPS) is 10.5. The Morgan fingerprint density at radius 1 is 1.47 bits per heavy atom. The number of ether oxygens (including phenoxy) is 1. The van der Waals surface area contributed by atoms with Gasteiger partial charge in [0.05, 0.1) is 0 Å². The van der Waals surface area contributed by atoms with Gasteiger partial charge in [0.1, 0.15) is 18.2 Å². The molecule has 0 aliphatic rings. The van der Waals surface area contributed by atoms with Crippen molar-refractivity contribution < 1.29 is 19.0 Å². The molecule has 19 heavy (non-hydrogen) atoms. The highest BCUT2D eigenvalue weighted by Crippen LogP contribution is 2.29. The van der Waals surface area contributed by atoms with Crippen LogP contribution in [0.1, 0.15) is 20.1 Å². The number of aryl methyl sites for hydroxylation is 1. The molecular weight excluding hydrogens is 291 g/mol. The molecule has 0 aliphatic carbocycles. The van der Waals surface area contributed by atoms with Crippen LogP contribution in [0.15, 0.2) is 24.3 Å². The van der Waals surface area contributed by atoms with Crippen LogP contribution < -0.4 is 4.74 Å². The second kappa shape index (κ2) is 5.59. The second-order valence-electron chi connectivity index (χ2n) is 3.88. The summed E-state index contributed by atoms with van der Waals surface area (Å²) in [6.45, 7) is 1.72. The SMILES string of the molecule is Cc1cc(OCc2cc(Cl)ccc2F)c(C(=O)O)s1. The molecule has 0 radical (unpaired) electrons. The lowest BCUT2D eigenvalue weighted by atomic mass is 10.2. The summed E-state index contributed by atoms with van der Waals surface area (Å²) in [4.78, 5) is 11.9. The molecule has 0 amide bonds. The zero-order chi connectivity index (χ0) is 14.0. The van der Waals surface area contributed by atoms with E-state index in [-0.39, 0.29) is 22.8 Å². The summed E-state index contributed by atoms with van der Waals surface area (Å²) >= 11 is 6.89. The van der Waals surface area contributed by atoms with Gasteiger partial charge in [0.25, 0.3) is 0 Å². The van der Waals surface area contributed by atoms with Crippen molar-refractivity contribution in [1.82, 2.24) is 0 Å². The fourth-order valence-electron chi connectivity index (χ4n) is 1.56. The smallest absolute Gasteiger partial charge is 0.349 e. The predicted molar refractivity (Wildman–Crippen MR) is 71.8 cm³/mol. The number of benzene rings is 1. The standard InChI is InChI=1S/C13H10ClFO3S/c1-7-4-11(12(19-7)13(16)17)18-6-8-5-9(14)2-3-10(8)15/h2-5H,6H2,1H3,(H,16,17). The molecule has 0 spiro atoms. The molecule has 3 nitrogen and oxygen atoms in total. The quantitative estimate of drug-likeness (QED) is 0.923. The van der Waals surface area contributed by atoms with Crippen molar-refractivity contribution in [2.45, 2.75) is 13.5 Å². The summed E-state index contributed by atoms with van der Waals surface area (Å²) in [6, 6.07) is 5.77. The maximum absolute atomic E-state index is 13.5. The molecule has 1 aromatic carbocycles. The molecule has 0 atom stereocenters. The molecular formula is C13H10ClFO3S. The van der Waals surface area contributed by atoms with E-state index in [2.05, 4.69) is 0 Å². The third-order valence-corrected chi connectivity index (χ3v) is 3.66. The molecule has 0 bridgehead atoms. The van der Waals surface area contributed by atoms with Crippen molar-refractivity contribution in [1.29, 1.82) is 0 Å². The number of carbonyl (C=O) groups is 1. The lowest BCUT2D eigenvalue weighted by Crippen LogP contribution is -2.01.